The van der Waals surface area contributed by atoms with Crippen LogP contribution in [0.25, 0.3) is 66.1 Å². The first kappa shape index (κ1) is 29.8. The third kappa shape index (κ3) is 4.47. The minimum Gasteiger partial charge on any atom is -0.456 e. The molecule has 0 saturated carbocycles. The standard InChI is InChI=1S/C50H33NO2/c1-50(44-16-8-5-13-38(44)39-14-6-9-17-45(39)50)34-21-28-47-43(29-34)42-27-25-37(31-49(42)53-47)51(35-22-19-33(20-23-35)32-11-3-2-4-12-32)36-24-26-41-40-15-7-10-18-46(40)52-48(41)30-36/h2-31H,1H3. The Morgan fingerprint density at radius 2 is 0.887 bits per heavy atom. The lowest BCUT2D eigenvalue weighted by atomic mass is 9.74. The van der Waals surface area contributed by atoms with Gasteiger partial charge in [-0.1, -0.05) is 115 Å². The maximum Gasteiger partial charge on any atom is 0.137 e. The van der Waals surface area contributed by atoms with Crippen LogP contribution in [0.5, 0.6) is 0 Å². The van der Waals surface area contributed by atoms with E-state index in [2.05, 4.69) is 182 Å². The molecule has 0 amide bonds. The van der Waals surface area contributed by atoms with E-state index in [9.17, 15) is 0 Å². The molecule has 0 unspecified atom stereocenters. The topological polar surface area (TPSA) is 29.5 Å². The highest BCUT2D eigenvalue weighted by molar-refractivity contribution is 6.08. The summed E-state index contributed by atoms with van der Waals surface area (Å²) in [5.74, 6) is 0. The lowest BCUT2D eigenvalue weighted by Gasteiger charge is -2.28. The van der Waals surface area contributed by atoms with Crippen LogP contribution in [0, 0.1) is 0 Å². The number of furan rings is 2. The second-order valence-electron chi connectivity index (χ2n) is 14.2. The Kier molecular flexibility index (Phi) is 6.38. The molecule has 11 rings (SSSR count). The SMILES string of the molecule is CC1(c2ccc3oc4cc(N(c5ccc(-c6ccccc6)cc5)c5ccc6c(c5)oc5ccccc56)ccc4c3c2)c2ccccc2-c2ccccc21. The van der Waals surface area contributed by atoms with Crippen molar-refractivity contribution >= 4 is 60.9 Å². The Balaban J connectivity index is 1.05. The van der Waals surface area contributed by atoms with Gasteiger partial charge in [-0.05, 0) is 100 Å². The fraction of sp³-hybridized carbons (Fsp3) is 0.0400. The Morgan fingerprint density at radius 1 is 0.377 bits per heavy atom. The van der Waals surface area contributed by atoms with Crippen molar-refractivity contribution in [1.82, 2.24) is 0 Å². The molecule has 10 aromatic rings. The molecule has 2 heterocycles. The molecule has 53 heavy (non-hydrogen) atoms. The summed E-state index contributed by atoms with van der Waals surface area (Å²) >= 11 is 0. The number of anilines is 3. The van der Waals surface area contributed by atoms with Crippen LogP contribution >= 0.6 is 0 Å². The maximum absolute atomic E-state index is 6.65. The van der Waals surface area contributed by atoms with Crippen LogP contribution in [-0.4, -0.2) is 0 Å². The Hall–Kier alpha value is -6.84. The van der Waals surface area contributed by atoms with Gasteiger partial charge in [0.2, 0.25) is 0 Å². The molecular formula is C50H33NO2. The van der Waals surface area contributed by atoms with E-state index in [4.69, 9.17) is 8.83 Å². The Bertz CT molecular complexity index is 2980. The number of para-hydroxylation sites is 1. The first-order valence-electron chi connectivity index (χ1n) is 18.2. The van der Waals surface area contributed by atoms with Crippen LogP contribution in [0.3, 0.4) is 0 Å². The third-order valence-electron chi connectivity index (χ3n) is 11.4. The van der Waals surface area contributed by atoms with Crippen LogP contribution in [0.15, 0.2) is 191 Å². The molecule has 0 fully saturated rings. The first-order chi connectivity index (χ1) is 26.1. The monoisotopic (exact) mass is 679 g/mol. The van der Waals surface area contributed by atoms with Crippen LogP contribution in [0.4, 0.5) is 17.1 Å². The van der Waals surface area contributed by atoms with Gasteiger partial charge in [-0.15, -0.1) is 0 Å². The van der Waals surface area contributed by atoms with Gasteiger partial charge in [0.05, 0.1) is 0 Å². The molecule has 2 aromatic heterocycles. The van der Waals surface area contributed by atoms with Gasteiger partial charge in [-0.3, -0.25) is 0 Å². The van der Waals surface area contributed by atoms with E-state index in [1.165, 1.54) is 38.9 Å². The van der Waals surface area contributed by atoms with E-state index in [0.29, 0.717) is 0 Å². The molecule has 1 aliphatic rings. The quantitative estimate of drug-likeness (QED) is 0.181. The van der Waals surface area contributed by atoms with Crippen molar-refractivity contribution in [3.63, 3.8) is 0 Å². The first-order valence-corrected chi connectivity index (χ1v) is 18.2. The van der Waals surface area contributed by atoms with Crippen molar-refractivity contribution in [3.05, 3.63) is 199 Å². The molecule has 0 atom stereocenters. The third-order valence-corrected chi connectivity index (χ3v) is 11.4. The van der Waals surface area contributed by atoms with Crippen LogP contribution < -0.4 is 4.90 Å². The molecule has 3 nitrogen and oxygen atoms in total. The van der Waals surface area contributed by atoms with Crippen molar-refractivity contribution in [1.29, 1.82) is 0 Å². The van der Waals surface area contributed by atoms with Crippen molar-refractivity contribution in [3.8, 4) is 22.3 Å². The van der Waals surface area contributed by atoms with Crippen LogP contribution in [-0.2, 0) is 5.41 Å². The number of nitrogens with zero attached hydrogens (tertiary/aromatic N) is 1. The van der Waals surface area contributed by atoms with Gasteiger partial charge < -0.3 is 13.7 Å². The summed E-state index contributed by atoms with van der Waals surface area (Å²) in [6, 6.07) is 65.0. The summed E-state index contributed by atoms with van der Waals surface area (Å²) in [4.78, 5) is 2.28. The molecule has 0 radical (unpaired) electrons. The van der Waals surface area contributed by atoms with E-state index >= 15 is 0 Å². The number of fused-ring (bicyclic) bond motifs is 9. The largest absolute Gasteiger partial charge is 0.456 e. The molecule has 0 saturated heterocycles. The minimum atomic E-state index is -0.275. The number of hydrogen-bond acceptors (Lipinski definition) is 3. The second kappa shape index (κ2) is 11.3. The highest BCUT2D eigenvalue weighted by Gasteiger charge is 2.40. The molecule has 0 bridgehead atoms. The maximum atomic E-state index is 6.65. The molecule has 1 aliphatic carbocycles. The average Bonchev–Trinajstić information content (AvgIpc) is 3.86. The van der Waals surface area contributed by atoms with E-state index < -0.39 is 0 Å². The van der Waals surface area contributed by atoms with Crippen molar-refractivity contribution < 1.29 is 8.83 Å². The summed E-state index contributed by atoms with van der Waals surface area (Å²) in [6.45, 7) is 2.36. The summed E-state index contributed by atoms with van der Waals surface area (Å²) in [7, 11) is 0. The van der Waals surface area contributed by atoms with E-state index in [1.54, 1.807) is 0 Å². The smallest absolute Gasteiger partial charge is 0.137 e. The molecule has 3 heteroatoms. The van der Waals surface area contributed by atoms with E-state index in [0.717, 1.165) is 60.9 Å². The van der Waals surface area contributed by atoms with Gasteiger partial charge in [0, 0.05) is 56.2 Å². The lowest BCUT2D eigenvalue weighted by Crippen LogP contribution is -2.22. The second-order valence-corrected chi connectivity index (χ2v) is 14.2. The number of benzene rings is 8. The predicted molar refractivity (Wildman–Crippen MR) is 219 cm³/mol. The fourth-order valence-electron chi connectivity index (χ4n) is 8.71. The van der Waals surface area contributed by atoms with Gasteiger partial charge >= 0.3 is 0 Å². The zero-order valence-electron chi connectivity index (χ0n) is 29.1. The lowest BCUT2D eigenvalue weighted by molar-refractivity contribution is 0.667. The molecule has 0 N–H and O–H groups in total. The summed E-state index contributed by atoms with van der Waals surface area (Å²) < 4.78 is 13.0. The average molecular weight is 680 g/mol. The summed E-state index contributed by atoms with van der Waals surface area (Å²) in [5, 5.41) is 4.44. The number of rotatable bonds is 5. The van der Waals surface area contributed by atoms with E-state index in [-0.39, 0.29) is 5.41 Å². The molecule has 8 aromatic carbocycles. The molecule has 250 valence electrons. The summed E-state index contributed by atoms with van der Waals surface area (Å²) in [6.07, 6.45) is 0. The highest BCUT2D eigenvalue weighted by Crippen LogP contribution is 2.53. The van der Waals surface area contributed by atoms with Gasteiger partial charge in [0.25, 0.3) is 0 Å². The van der Waals surface area contributed by atoms with Gasteiger partial charge in [-0.25, -0.2) is 0 Å². The number of hydrogen-bond donors (Lipinski definition) is 0. The van der Waals surface area contributed by atoms with Crippen molar-refractivity contribution in [2.45, 2.75) is 12.3 Å². The van der Waals surface area contributed by atoms with Crippen LogP contribution in [0.1, 0.15) is 23.6 Å². The molecule has 0 aliphatic heterocycles. The molecule has 0 spiro atoms. The van der Waals surface area contributed by atoms with Crippen molar-refractivity contribution in [2.75, 3.05) is 4.90 Å². The van der Waals surface area contributed by atoms with Gasteiger partial charge in [0.1, 0.15) is 22.3 Å². The fourth-order valence-corrected chi connectivity index (χ4v) is 8.71. The van der Waals surface area contributed by atoms with Crippen LogP contribution in [0.2, 0.25) is 0 Å². The predicted octanol–water partition coefficient (Wildman–Crippen LogP) is 14.0. The Labute approximate surface area is 307 Å². The molecular weight excluding hydrogens is 647 g/mol. The zero-order chi connectivity index (χ0) is 35.1. The van der Waals surface area contributed by atoms with Gasteiger partial charge in [-0.2, -0.15) is 0 Å². The van der Waals surface area contributed by atoms with Gasteiger partial charge in [0.15, 0.2) is 0 Å². The summed E-state index contributed by atoms with van der Waals surface area (Å²) in [5.41, 5.74) is 15.2. The Morgan fingerprint density at radius 3 is 1.57 bits per heavy atom. The minimum absolute atomic E-state index is 0.275. The normalized spacial score (nSPS) is 13.2. The van der Waals surface area contributed by atoms with Crippen molar-refractivity contribution in [2.24, 2.45) is 0 Å². The highest BCUT2D eigenvalue weighted by atomic mass is 16.3. The van der Waals surface area contributed by atoms with E-state index in [1.807, 2.05) is 12.1 Å². The zero-order valence-corrected chi connectivity index (χ0v) is 29.1.